The summed E-state index contributed by atoms with van der Waals surface area (Å²) in [6.45, 7) is 5.01. The molecule has 7 nitrogen and oxygen atoms in total. The quantitative estimate of drug-likeness (QED) is 0.543. The molecular formula is C25H27N3O4. The van der Waals surface area contributed by atoms with Gasteiger partial charge in [-0.25, -0.2) is 0 Å². The largest absolute Gasteiger partial charge is 0.490 e. The van der Waals surface area contributed by atoms with Crippen LogP contribution in [-0.2, 0) is 22.6 Å². The summed E-state index contributed by atoms with van der Waals surface area (Å²) in [4.78, 5) is 15.2. The highest BCUT2D eigenvalue weighted by Crippen LogP contribution is 2.34. The van der Waals surface area contributed by atoms with Crippen LogP contribution in [-0.4, -0.2) is 30.7 Å². The van der Waals surface area contributed by atoms with Gasteiger partial charge in [0.1, 0.15) is 24.2 Å². The van der Waals surface area contributed by atoms with Crippen molar-refractivity contribution < 1.29 is 19.0 Å². The minimum Gasteiger partial charge on any atom is -0.490 e. The molecule has 2 heterocycles. The summed E-state index contributed by atoms with van der Waals surface area (Å²) in [6.07, 6.45) is 1.17. The van der Waals surface area contributed by atoms with Crippen molar-refractivity contribution in [3.8, 4) is 17.6 Å². The number of H-pyrrole nitrogens is 1. The lowest BCUT2D eigenvalue weighted by Crippen LogP contribution is -2.31. The normalized spacial score (nSPS) is 15.3. The van der Waals surface area contributed by atoms with Gasteiger partial charge < -0.3 is 24.5 Å². The Balaban J connectivity index is 1.53. The monoisotopic (exact) mass is 433 g/mol. The second-order valence-electron chi connectivity index (χ2n) is 8.16. The van der Waals surface area contributed by atoms with E-state index in [-0.39, 0.29) is 24.5 Å². The van der Waals surface area contributed by atoms with Crippen LogP contribution in [0.4, 0.5) is 0 Å². The molecule has 0 bridgehead atoms. The van der Waals surface area contributed by atoms with Gasteiger partial charge in [0.25, 0.3) is 0 Å². The SMILES string of the molecule is COC(=O)CC1NCCc2c1[nH]c1ccc(OCc3ccc(OC(C)C)c(C#N)c3)cc21. The molecule has 0 amide bonds. The molecule has 0 fully saturated rings. The molecule has 4 rings (SSSR count). The van der Waals surface area contributed by atoms with Crippen LogP contribution < -0.4 is 14.8 Å². The Morgan fingerprint density at radius 3 is 2.84 bits per heavy atom. The zero-order valence-electron chi connectivity index (χ0n) is 18.5. The van der Waals surface area contributed by atoms with Crippen LogP contribution in [0.5, 0.6) is 11.5 Å². The highest BCUT2D eigenvalue weighted by Gasteiger charge is 2.26. The molecule has 3 aromatic rings. The summed E-state index contributed by atoms with van der Waals surface area (Å²) < 4.78 is 16.6. The number of hydrogen-bond acceptors (Lipinski definition) is 6. The van der Waals surface area contributed by atoms with Crippen molar-refractivity contribution in [1.29, 1.82) is 5.26 Å². The highest BCUT2D eigenvalue weighted by molar-refractivity contribution is 5.87. The van der Waals surface area contributed by atoms with Crippen molar-refractivity contribution in [3.63, 3.8) is 0 Å². The third kappa shape index (κ3) is 4.56. The number of esters is 1. The molecule has 0 saturated carbocycles. The fraction of sp³-hybridized carbons (Fsp3) is 0.360. The summed E-state index contributed by atoms with van der Waals surface area (Å²) in [5.41, 5.74) is 4.66. The molecule has 2 aromatic carbocycles. The number of nitrogens with zero attached hydrogens (tertiary/aromatic N) is 1. The van der Waals surface area contributed by atoms with Gasteiger partial charge in [-0.1, -0.05) is 6.07 Å². The topological polar surface area (TPSA) is 96.4 Å². The first-order valence-electron chi connectivity index (χ1n) is 10.8. The Labute approximate surface area is 187 Å². The number of rotatable bonds is 7. The average Bonchev–Trinajstić information content (AvgIpc) is 3.17. The van der Waals surface area contributed by atoms with Gasteiger partial charge in [0.05, 0.1) is 31.2 Å². The number of hydrogen-bond donors (Lipinski definition) is 2. The van der Waals surface area contributed by atoms with Gasteiger partial charge in [0, 0.05) is 16.6 Å². The Morgan fingerprint density at radius 2 is 2.09 bits per heavy atom. The summed E-state index contributed by atoms with van der Waals surface area (Å²) >= 11 is 0. The fourth-order valence-electron chi connectivity index (χ4n) is 4.08. The van der Waals surface area contributed by atoms with Gasteiger partial charge in [-0.2, -0.15) is 5.26 Å². The zero-order chi connectivity index (χ0) is 22.7. The molecule has 1 aromatic heterocycles. The van der Waals surface area contributed by atoms with Crippen LogP contribution in [0, 0.1) is 11.3 Å². The van der Waals surface area contributed by atoms with Crippen LogP contribution >= 0.6 is 0 Å². The van der Waals surface area contributed by atoms with Gasteiger partial charge in [0.2, 0.25) is 0 Å². The second kappa shape index (κ2) is 9.33. The van der Waals surface area contributed by atoms with Gasteiger partial charge in [-0.05, 0) is 68.3 Å². The minimum atomic E-state index is -0.237. The highest BCUT2D eigenvalue weighted by atomic mass is 16.5. The first kappa shape index (κ1) is 21.7. The number of aromatic nitrogens is 1. The molecule has 32 heavy (non-hydrogen) atoms. The smallest absolute Gasteiger partial charge is 0.307 e. The van der Waals surface area contributed by atoms with E-state index < -0.39 is 0 Å². The Morgan fingerprint density at radius 1 is 1.25 bits per heavy atom. The molecule has 1 aliphatic heterocycles. The predicted molar refractivity (Wildman–Crippen MR) is 121 cm³/mol. The van der Waals surface area contributed by atoms with Crippen molar-refractivity contribution in [2.45, 2.75) is 45.4 Å². The van der Waals surface area contributed by atoms with Crippen LogP contribution in [0.3, 0.4) is 0 Å². The molecule has 166 valence electrons. The molecule has 0 aliphatic carbocycles. The molecule has 1 unspecified atom stereocenters. The molecule has 0 radical (unpaired) electrons. The van der Waals surface area contributed by atoms with Crippen molar-refractivity contribution >= 4 is 16.9 Å². The lowest BCUT2D eigenvalue weighted by molar-refractivity contribution is -0.141. The fourth-order valence-corrected chi connectivity index (χ4v) is 4.08. The van der Waals surface area contributed by atoms with Gasteiger partial charge >= 0.3 is 5.97 Å². The van der Waals surface area contributed by atoms with Crippen molar-refractivity contribution in [2.24, 2.45) is 0 Å². The van der Waals surface area contributed by atoms with E-state index in [9.17, 15) is 10.1 Å². The molecule has 0 spiro atoms. The predicted octanol–water partition coefficient (Wildman–Crippen LogP) is 4.16. The van der Waals surface area contributed by atoms with Crippen molar-refractivity contribution in [2.75, 3.05) is 13.7 Å². The number of nitrogens with one attached hydrogen (secondary N) is 2. The lowest BCUT2D eigenvalue weighted by Gasteiger charge is -2.23. The third-order valence-corrected chi connectivity index (χ3v) is 5.56. The number of nitriles is 1. The maximum atomic E-state index is 11.8. The molecule has 7 heteroatoms. The average molecular weight is 434 g/mol. The first-order valence-corrected chi connectivity index (χ1v) is 10.8. The summed E-state index contributed by atoms with van der Waals surface area (Å²) in [5.74, 6) is 1.10. The van der Waals surface area contributed by atoms with E-state index in [4.69, 9.17) is 14.2 Å². The van der Waals surface area contributed by atoms with Crippen LogP contribution in [0.2, 0.25) is 0 Å². The zero-order valence-corrected chi connectivity index (χ0v) is 18.5. The standard InChI is InChI=1S/C25H27N3O4/c1-15(2)32-23-7-4-16(10-17(23)13-26)14-31-18-5-6-21-20(11-18)19-8-9-27-22(25(19)28-21)12-24(29)30-3/h4-7,10-11,15,22,27-28H,8-9,12,14H2,1-3H3. The lowest BCUT2D eigenvalue weighted by atomic mass is 9.97. The summed E-state index contributed by atoms with van der Waals surface area (Å²) in [6, 6.07) is 13.6. The van der Waals surface area contributed by atoms with E-state index in [1.54, 1.807) is 6.07 Å². The maximum Gasteiger partial charge on any atom is 0.307 e. The molecular weight excluding hydrogens is 406 g/mol. The second-order valence-corrected chi connectivity index (χ2v) is 8.16. The third-order valence-electron chi connectivity index (χ3n) is 5.56. The van der Waals surface area contributed by atoms with Crippen LogP contribution in [0.1, 0.15) is 48.7 Å². The molecule has 1 aliphatic rings. The Kier molecular flexibility index (Phi) is 6.33. The molecule has 1 atom stereocenters. The van der Waals surface area contributed by atoms with Gasteiger partial charge in [0.15, 0.2) is 0 Å². The molecule has 0 saturated heterocycles. The number of ether oxygens (including phenoxy) is 3. The van der Waals surface area contributed by atoms with Crippen LogP contribution in [0.15, 0.2) is 36.4 Å². The number of aromatic amines is 1. The minimum absolute atomic E-state index is 0.00521. The number of fused-ring (bicyclic) bond motifs is 3. The van der Waals surface area contributed by atoms with Crippen LogP contribution in [0.25, 0.3) is 10.9 Å². The Hall–Kier alpha value is -3.50. The van der Waals surface area contributed by atoms with Crippen molar-refractivity contribution in [1.82, 2.24) is 10.3 Å². The van der Waals surface area contributed by atoms with Crippen molar-refractivity contribution in [3.05, 3.63) is 58.8 Å². The number of carbonyl (C=O) groups excluding carboxylic acids is 1. The maximum absolute atomic E-state index is 11.8. The summed E-state index contributed by atoms with van der Waals surface area (Å²) in [5, 5.41) is 13.9. The van der Waals surface area contributed by atoms with E-state index in [0.717, 1.165) is 40.9 Å². The number of benzene rings is 2. The van der Waals surface area contributed by atoms with Gasteiger partial charge in [-0.15, -0.1) is 0 Å². The number of methoxy groups -OCH3 is 1. The van der Waals surface area contributed by atoms with E-state index in [1.807, 2.05) is 44.2 Å². The summed E-state index contributed by atoms with van der Waals surface area (Å²) in [7, 11) is 1.41. The van der Waals surface area contributed by atoms with E-state index in [2.05, 4.69) is 16.4 Å². The first-order chi connectivity index (χ1) is 15.5. The number of carbonyl (C=O) groups is 1. The molecule has 2 N–H and O–H groups in total. The van der Waals surface area contributed by atoms with E-state index in [0.29, 0.717) is 17.9 Å². The van der Waals surface area contributed by atoms with E-state index in [1.165, 1.54) is 12.7 Å². The van der Waals surface area contributed by atoms with E-state index >= 15 is 0 Å². The Bertz CT molecular complexity index is 1180. The van der Waals surface area contributed by atoms with Gasteiger partial charge in [-0.3, -0.25) is 4.79 Å².